The van der Waals surface area contributed by atoms with E-state index in [1.807, 2.05) is 31.2 Å². The van der Waals surface area contributed by atoms with Crippen molar-refractivity contribution < 1.29 is 23.9 Å². The van der Waals surface area contributed by atoms with Crippen LogP contribution >= 0.6 is 0 Å². The molecular weight excluding hydrogens is 384 g/mol. The van der Waals surface area contributed by atoms with Crippen molar-refractivity contribution in [2.45, 2.75) is 13.5 Å². The third-order valence-corrected chi connectivity index (χ3v) is 4.69. The maximum Gasteiger partial charge on any atom is 0.335 e. The summed E-state index contributed by atoms with van der Waals surface area (Å²) < 4.78 is 5.73. The molecule has 30 heavy (non-hydrogen) atoms. The number of hydrogen-bond donors (Lipinski definition) is 2. The Kier molecular flexibility index (Phi) is 4.93. The summed E-state index contributed by atoms with van der Waals surface area (Å²) in [5.41, 5.74) is 2.77. The van der Waals surface area contributed by atoms with Gasteiger partial charge in [0.25, 0.3) is 5.91 Å². The SMILES string of the molecule is Cc1cccc(CN2C(=O)N/C(=C\c3ccc(-c4cccc(C(=O)O)c4)o3)C2=O)c1. The van der Waals surface area contributed by atoms with E-state index in [9.17, 15) is 14.4 Å². The number of carbonyl (C=O) groups is 3. The van der Waals surface area contributed by atoms with Crippen LogP contribution in [-0.2, 0) is 11.3 Å². The Morgan fingerprint density at radius 3 is 2.67 bits per heavy atom. The number of carbonyl (C=O) groups excluding carboxylic acids is 2. The first kappa shape index (κ1) is 19.2. The minimum Gasteiger partial charge on any atom is -0.478 e. The van der Waals surface area contributed by atoms with Gasteiger partial charge in [0, 0.05) is 11.6 Å². The summed E-state index contributed by atoms with van der Waals surface area (Å²) in [6.45, 7) is 2.12. The predicted molar refractivity (Wildman–Crippen MR) is 109 cm³/mol. The van der Waals surface area contributed by atoms with Crippen molar-refractivity contribution in [2.75, 3.05) is 0 Å². The van der Waals surface area contributed by atoms with Crippen LogP contribution in [-0.4, -0.2) is 27.9 Å². The van der Waals surface area contributed by atoms with Crippen LogP contribution in [0.2, 0.25) is 0 Å². The molecule has 1 aliphatic rings. The molecule has 3 amide bonds. The van der Waals surface area contributed by atoms with Gasteiger partial charge < -0.3 is 14.8 Å². The molecule has 2 aromatic carbocycles. The molecule has 1 aromatic heterocycles. The maximum absolute atomic E-state index is 12.7. The summed E-state index contributed by atoms with van der Waals surface area (Å²) in [6.07, 6.45) is 1.46. The molecule has 3 aromatic rings. The van der Waals surface area contributed by atoms with Crippen LogP contribution in [0.3, 0.4) is 0 Å². The zero-order valence-corrected chi connectivity index (χ0v) is 16.1. The zero-order chi connectivity index (χ0) is 21.3. The van der Waals surface area contributed by atoms with Crippen molar-refractivity contribution in [1.82, 2.24) is 10.2 Å². The van der Waals surface area contributed by atoms with Crippen LogP contribution in [0.5, 0.6) is 0 Å². The van der Waals surface area contributed by atoms with Gasteiger partial charge in [-0.1, -0.05) is 42.0 Å². The minimum absolute atomic E-state index is 0.118. The second kappa shape index (κ2) is 7.71. The molecule has 2 heterocycles. The molecule has 0 unspecified atom stereocenters. The maximum atomic E-state index is 12.7. The van der Waals surface area contributed by atoms with Gasteiger partial charge in [-0.15, -0.1) is 0 Å². The average Bonchev–Trinajstić information content (AvgIpc) is 3.29. The van der Waals surface area contributed by atoms with Crippen molar-refractivity contribution in [1.29, 1.82) is 0 Å². The van der Waals surface area contributed by atoms with Gasteiger partial charge in [-0.25, -0.2) is 9.59 Å². The monoisotopic (exact) mass is 402 g/mol. The molecule has 0 bridgehead atoms. The number of urea groups is 1. The summed E-state index contributed by atoms with van der Waals surface area (Å²) >= 11 is 0. The molecule has 0 radical (unpaired) electrons. The van der Waals surface area contributed by atoms with E-state index >= 15 is 0 Å². The highest BCUT2D eigenvalue weighted by Gasteiger charge is 2.33. The lowest BCUT2D eigenvalue weighted by Crippen LogP contribution is -2.30. The number of aromatic carboxylic acids is 1. The number of carboxylic acid groups (broad SMARTS) is 1. The lowest BCUT2D eigenvalue weighted by molar-refractivity contribution is -0.123. The van der Waals surface area contributed by atoms with E-state index in [1.165, 1.54) is 18.2 Å². The van der Waals surface area contributed by atoms with E-state index in [2.05, 4.69) is 5.32 Å². The molecule has 0 aliphatic carbocycles. The fraction of sp³-hybridized carbons (Fsp3) is 0.0870. The Morgan fingerprint density at radius 1 is 1.10 bits per heavy atom. The standard InChI is InChI=1S/C23H18N2O5/c1-14-4-2-5-15(10-14)13-25-21(26)19(24-23(25)29)12-18-8-9-20(30-18)16-6-3-7-17(11-16)22(27)28/h2-12H,13H2,1H3,(H,24,29)(H,27,28)/b19-12-. The lowest BCUT2D eigenvalue weighted by Gasteiger charge is -2.12. The molecule has 150 valence electrons. The molecule has 4 rings (SSSR count). The van der Waals surface area contributed by atoms with Crippen LogP contribution < -0.4 is 5.32 Å². The topological polar surface area (TPSA) is 99.8 Å². The molecular formula is C23H18N2O5. The van der Waals surface area contributed by atoms with Crippen molar-refractivity contribution in [3.05, 3.63) is 88.8 Å². The Morgan fingerprint density at radius 2 is 1.90 bits per heavy atom. The first-order valence-corrected chi connectivity index (χ1v) is 9.24. The number of carboxylic acids is 1. The van der Waals surface area contributed by atoms with Crippen LogP contribution in [0.15, 0.2) is 70.8 Å². The number of nitrogens with zero attached hydrogens (tertiary/aromatic N) is 1. The highest BCUT2D eigenvalue weighted by Crippen LogP contribution is 2.25. The van der Waals surface area contributed by atoms with E-state index in [0.717, 1.165) is 16.0 Å². The second-order valence-corrected chi connectivity index (χ2v) is 6.96. The first-order chi connectivity index (χ1) is 14.4. The normalized spacial score (nSPS) is 15.0. The smallest absolute Gasteiger partial charge is 0.335 e. The summed E-state index contributed by atoms with van der Waals surface area (Å²) in [4.78, 5) is 37.2. The fourth-order valence-corrected chi connectivity index (χ4v) is 3.24. The number of hydrogen-bond acceptors (Lipinski definition) is 4. The average molecular weight is 402 g/mol. The zero-order valence-electron chi connectivity index (χ0n) is 16.1. The minimum atomic E-state index is -1.03. The number of imide groups is 1. The van der Waals surface area contributed by atoms with E-state index < -0.39 is 17.9 Å². The van der Waals surface area contributed by atoms with Gasteiger partial charge in [-0.2, -0.15) is 0 Å². The Hall–Kier alpha value is -4.13. The molecule has 1 fully saturated rings. The van der Waals surface area contributed by atoms with Gasteiger partial charge >= 0.3 is 12.0 Å². The molecule has 0 atom stereocenters. The van der Waals surface area contributed by atoms with Gasteiger partial charge in [0.15, 0.2) is 0 Å². The van der Waals surface area contributed by atoms with Gasteiger partial charge in [0.05, 0.1) is 12.1 Å². The number of furan rings is 1. The van der Waals surface area contributed by atoms with E-state index in [1.54, 1.807) is 24.3 Å². The second-order valence-electron chi connectivity index (χ2n) is 6.96. The van der Waals surface area contributed by atoms with Crippen molar-refractivity contribution >= 4 is 24.0 Å². The largest absolute Gasteiger partial charge is 0.478 e. The summed E-state index contributed by atoms with van der Waals surface area (Å²) in [7, 11) is 0. The predicted octanol–water partition coefficient (Wildman–Crippen LogP) is 4.05. The van der Waals surface area contributed by atoms with Gasteiger partial charge in [0.1, 0.15) is 17.2 Å². The third-order valence-electron chi connectivity index (χ3n) is 4.69. The first-order valence-electron chi connectivity index (χ1n) is 9.24. The van der Waals surface area contributed by atoms with Crippen molar-refractivity contribution in [3.8, 4) is 11.3 Å². The lowest BCUT2D eigenvalue weighted by atomic mass is 10.1. The molecule has 0 saturated carbocycles. The number of aryl methyl sites for hydroxylation is 1. The Bertz CT molecular complexity index is 1190. The van der Waals surface area contributed by atoms with Gasteiger partial charge in [0.2, 0.25) is 0 Å². The Balaban J connectivity index is 1.54. The summed E-state index contributed by atoms with van der Waals surface area (Å²) in [6, 6.07) is 16.8. The number of nitrogens with one attached hydrogen (secondary N) is 1. The highest BCUT2D eigenvalue weighted by atomic mass is 16.4. The van der Waals surface area contributed by atoms with Crippen LogP contribution in [0.1, 0.15) is 27.2 Å². The van der Waals surface area contributed by atoms with E-state index in [0.29, 0.717) is 17.1 Å². The molecule has 1 aliphatic heterocycles. The van der Waals surface area contributed by atoms with Gasteiger partial charge in [-0.05, 0) is 36.8 Å². The van der Waals surface area contributed by atoms with Crippen molar-refractivity contribution in [3.63, 3.8) is 0 Å². The number of benzene rings is 2. The van der Waals surface area contributed by atoms with Crippen LogP contribution in [0, 0.1) is 6.92 Å². The van der Waals surface area contributed by atoms with E-state index in [4.69, 9.17) is 9.52 Å². The molecule has 0 spiro atoms. The third kappa shape index (κ3) is 3.86. The molecule has 7 nitrogen and oxygen atoms in total. The molecule has 2 N–H and O–H groups in total. The molecule has 1 saturated heterocycles. The summed E-state index contributed by atoms with van der Waals surface area (Å²) in [5, 5.41) is 11.7. The quantitative estimate of drug-likeness (QED) is 0.495. The van der Waals surface area contributed by atoms with Crippen LogP contribution in [0.4, 0.5) is 4.79 Å². The number of amides is 3. The number of rotatable bonds is 5. The highest BCUT2D eigenvalue weighted by molar-refractivity contribution is 6.13. The Labute approximate surface area is 172 Å². The van der Waals surface area contributed by atoms with Gasteiger partial charge in [-0.3, -0.25) is 9.69 Å². The van der Waals surface area contributed by atoms with E-state index in [-0.39, 0.29) is 17.8 Å². The van der Waals surface area contributed by atoms with Crippen molar-refractivity contribution in [2.24, 2.45) is 0 Å². The molecule has 7 heteroatoms. The van der Waals surface area contributed by atoms with Crippen LogP contribution in [0.25, 0.3) is 17.4 Å². The summed E-state index contributed by atoms with van der Waals surface area (Å²) in [5.74, 6) is -0.642. The fourth-order valence-electron chi connectivity index (χ4n) is 3.24.